The number of fused-ring (bicyclic) bond motifs is 4. The number of hydrogen-bond donors (Lipinski definition) is 0. The number of pyridine rings is 1. The number of amides is 1. The van der Waals surface area contributed by atoms with Crippen molar-refractivity contribution in [3.8, 4) is 0 Å². The molecule has 0 N–H and O–H groups in total. The van der Waals surface area contributed by atoms with E-state index in [1.54, 1.807) is 17.2 Å². The van der Waals surface area contributed by atoms with Crippen LogP contribution in [0, 0.1) is 5.92 Å². The SMILES string of the molecule is CCn1ccc(C(=O)N2C[C@H]3CC[C@@H]2CN(S(C)(=O)=O)C3)cc1=O. The first-order chi connectivity index (χ1) is 11.3. The van der Waals surface area contributed by atoms with Crippen LogP contribution in [0.5, 0.6) is 0 Å². The summed E-state index contributed by atoms with van der Waals surface area (Å²) in [5.74, 6) is -0.0289. The lowest BCUT2D eigenvalue weighted by Crippen LogP contribution is -2.47. The summed E-state index contributed by atoms with van der Waals surface area (Å²) >= 11 is 0. The van der Waals surface area contributed by atoms with Crippen LogP contribution in [0.4, 0.5) is 0 Å². The first-order valence-electron chi connectivity index (χ1n) is 8.26. The van der Waals surface area contributed by atoms with Crippen molar-refractivity contribution in [2.75, 3.05) is 25.9 Å². The van der Waals surface area contributed by atoms with Gasteiger partial charge < -0.3 is 9.47 Å². The van der Waals surface area contributed by atoms with Crippen molar-refractivity contribution in [2.24, 2.45) is 5.92 Å². The third kappa shape index (κ3) is 3.25. The Bertz CT molecular complexity index is 802. The molecule has 0 spiro atoms. The zero-order valence-corrected chi connectivity index (χ0v) is 14.8. The molecule has 1 aromatic heterocycles. The predicted molar refractivity (Wildman–Crippen MR) is 90.3 cm³/mol. The standard InChI is InChI=1S/C16H23N3O4S/c1-3-17-7-6-13(8-15(17)20)16(21)19-10-12-4-5-14(19)11-18(9-12)24(2,22)23/h6-8,12,14H,3-5,9-11H2,1-2H3/t12-,14+/m0/s1. The number of carbonyl (C=O) groups is 1. The molecule has 2 atom stereocenters. The highest BCUT2D eigenvalue weighted by molar-refractivity contribution is 7.88. The van der Waals surface area contributed by atoms with Gasteiger partial charge in [0.1, 0.15) is 0 Å². The molecule has 24 heavy (non-hydrogen) atoms. The summed E-state index contributed by atoms with van der Waals surface area (Å²) in [6.45, 7) is 3.79. The second kappa shape index (κ2) is 6.33. The fraction of sp³-hybridized carbons (Fsp3) is 0.625. The Morgan fingerprint density at radius 1 is 1.25 bits per heavy atom. The maximum Gasteiger partial charge on any atom is 0.254 e. The minimum absolute atomic E-state index is 0.125. The summed E-state index contributed by atoms with van der Waals surface area (Å²) in [6, 6.07) is 2.92. The molecule has 132 valence electrons. The van der Waals surface area contributed by atoms with E-state index in [1.807, 2.05) is 6.92 Å². The molecule has 2 bridgehead atoms. The van der Waals surface area contributed by atoms with Crippen LogP contribution in [-0.2, 0) is 16.6 Å². The van der Waals surface area contributed by atoms with Gasteiger partial charge >= 0.3 is 0 Å². The Kier molecular flexibility index (Phi) is 4.52. The van der Waals surface area contributed by atoms with Gasteiger partial charge in [0.15, 0.2) is 0 Å². The zero-order valence-electron chi connectivity index (χ0n) is 14.0. The van der Waals surface area contributed by atoms with Crippen LogP contribution >= 0.6 is 0 Å². The number of carbonyl (C=O) groups excluding carboxylic acids is 1. The number of rotatable bonds is 3. The first kappa shape index (κ1) is 17.2. The van der Waals surface area contributed by atoms with Gasteiger partial charge in [0.05, 0.1) is 6.26 Å². The van der Waals surface area contributed by atoms with Crippen molar-refractivity contribution in [1.29, 1.82) is 0 Å². The average molecular weight is 353 g/mol. The molecule has 3 aliphatic heterocycles. The summed E-state index contributed by atoms with van der Waals surface area (Å²) in [4.78, 5) is 26.6. The van der Waals surface area contributed by atoms with E-state index in [-0.39, 0.29) is 23.4 Å². The van der Waals surface area contributed by atoms with Gasteiger partial charge in [-0.3, -0.25) is 9.59 Å². The van der Waals surface area contributed by atoms with Crippen LogP contribution in [0.2, 0.25) is 0 Å². The van der Waals surface area contributed by atoms with Crippen molar-refractivity contribution >= 4 is 15.9 Å². The highest BCUT2D eigenvalue weighted by Crippen LogP contribution is 2.30. The van der Waals surface area contributed by atoms with E-state index in [4.69, 9.17) is 0 Å². The lowest BCUT2D eigenvalue weighted by Gasteiger charge is -2.36. The molecule has 3 fully saturated rings. The van der Waals surface area contributed by atoms with Gasteiger partial charge in [0.25, 0.3) is 11.5 Å². The van der Waals surface area contributed by atoms with E-state index >= 15 is 0 Å². The van der Waals surface area contributed by atoms with Crippen LogP contribution < -0.4 is 5.56 Å². The number of sulfonamides is 1. The minimum Gasteiger partial charge on any atom is -0.334 e. The number of aromatic nitrogens is 1. The topological polar surface area (TPSA) is 79.7 Å². The molecule has 3 saturated heterocycles. The van der Waals surface area contributed by atoms with E-state index in [9.17, 15) is 18.0 Å². The molecular formula is C16H23N3O4S. The molecule has 1 aromatic rings. The van der Waals surface area contributed by atoms with Gasteiger partial charge in [-0.25, -0.2) is 8.42 Å². The second-order valence-corrected chi connectivity index (χ2v) is 8.66. The summed E-state index contributed by atoms with van der Waals surface area (Å²) in [6.07, 6.45) is 4.58. The first-order valence-corrected chi connectivity index (χ1v) is 10.1. The Morgan fingerprint density at radius 3 is 2.62 bits per heavy atom. The van der Waals surface area contributed by atoms with E-state index < -0.39 is 10.0 Å². The number of aryl methyl sites for hydroxylation is 1. The highest BCUT2D eigenvalue weighted by atomic mass is 32.2. The van der Waals surface area contributed by atoms with Gasteiger partial charge in [0.2, 0.25) is 10.0 Å². The summed E-state index contributed by atoms with van der Waals surface area (Å²) in [5.41, 5.74) is 0.184. The smallest absolute Gasteiger partial charge is 0.254 e. The van der Waals surface area contributed by atoms with Gasteiger partial charge in [-0.15, -0.1) is 0 Å². The van der Waals surface area contributed by atoms with E-state index in [0.29, 0.717) is 31.7 Å². The van der Waals surface area contributed by atoms with Gasteiger partial charge in [-0.05, 0) is 31.7 Å². The monoisotopic (exact) mass is 353 g/mol. The zero-order chi connectivity index (χ0) is 17.5. The lowest BCUT2D eigenvalue weighted by atomic mass is 9.94. The van der Waals surface area contributed by atoms with Crippen LogP contribution in [0.15, 0.2) is 23.1 Å². The van der Waals surface area contributed by atoms with Crippen molar-refractivity contribution in [3.63, 3.8) is 0 Å². The summed E-state index contributed by atoms with van der Waals surface area (Å²) < 4.78 is 26.8. The molecule has 0 aliphatic carbocycles. The molecule has 4 heterocycles. The van der Waals surface area contributed by atoms with Crippen molar-refractivity contribution in [1.82, 2.24) is 13.8 Å². The van der Waals surface area contributed by atoms with Crippen molar-refractivity contribution < 1.29 is 13.2 Å². The van der Waals surface area contributed by atoms with Gasteiger partial charge in [-0.2, -0.15) is 4.31 Å². The van der Waals surface area contributed by atoms with Crippen LogP contribution in [0.3, 0.4) is 0 Å². The molecule has 0 saturated carbocycles. The molecule has 3 aliphatic rings. The third-order valence-corrected chi connectivity index (χ3v) is 6.23. The highest BCUT2D eigenvalue weighted by Gasteiger charge is 2.39. The molecule has 0 unspecified atom stereocenters. The maximum atomic E-state index is 12.9. The maximum absolute atomic E-state index is 12.9. The second-order valence-electron chi connectivity index (χ2n) is 6.67. The molecule has 1 amide bonds. The summed E-state index contributed by atoms with van der Waals surface area (Å²) in [7, 11) is -3.26. The Morgan fingerprint density at radius 2 is 2.00 bits per heavy atom. The van der Waals surface area contributed by atoms with Crippen LogP contribution in [0.1, 0.15) is 30.1 Å². The molecule has 4 rings (SSSR count). The number of piperidine rings is 1. The van der Waals surface area contributed by atoms with Gasteiger partial charge in [-0.1, -0.05) is 0 Å². The normalized spacial score (nSPS) is 24.8. The largest absolute Gasteiger partial charge is 0.334 e. The van der Waals surface area contributed by atoms with Gasteiger partial charge in [0, 0.05) is 50.0 Å². The molecule has 0 aromatic carbocycles. The summed E-state index contributed by atoms with van der Waals surface area (Å²) in [5, 5.41) is 0. The van der Waals surface area contributed by atoms with E-state index in [0.717, 1.165) is 12.8 Å². The molecule has 0 radical (unpaired) electrons. The molecule has 8 heteroatoms. The third-order valence-electron chi connectivity index (χ3n) is 4.99. The number of nitrogens with zero attached hydrogens (tertiary/aromatic N) is 3. The Hall–Kier alpha value is -1.67. The Balaban J connectivity index is 1.86. The minimum atomic E-state index is -3.26. The van der Waals surface area contributed by atoms with E-state index in [2.05, 4.69) is 0 Å². The Labute approximate surface area is 141 Å². The quantitative estimate of drug-likeness (QED) is 0.786. The molecule has 7 nitrogen and oxygen atoms in total. The van der Waals surface area contributed by atoms with Crippen LogP contribution in [-0.4, -0.2) is 60.0 Å². The molecular weight excluding hydrogens is 330 g/mol. The average Bonchev–Trinajstić information content (AvgIpc) is 2.86. The fourth-order valence-electron chi connectivity index (χ4n) is 3.63. The lowest BCUT2D eigenvalue weighted by molar-refractivity contribution is 0.0588. The van der Waals surface area contributed by atoms with Crippen molar-refractivity contribution in [2.45, 2.75) is 32.4 Å². The number of hydrogen-bond acceptors (Lipinski definition) is 4. The van der Waals surface area contributed by atoms with Crippen LogP contribution in [0.25, 0.3) is 0 Å². The predicted octanol–water partition coefficient (Wildman–Crippen LogP) is 0.364. The fourth-order valence-corrected chi connectivity index (χ4v) is 4.55. The van der Waals surface area contributed by atoms with E-state index in [1.165, 1.54) is 21.2 Å². The van der Waals surface area contributed by atoms with Crippen molar-refractivity contribution in [3.05, 3.63) is 34.2 Å².